The maximum atomic E-state index is 13.9. The number of nitrogens with one attached hydrogen (secondary N) is 1. The van der Waals surface area contributed by atoms with Crippen molar-refractivity contribution in [1.82, 2.24) is 5.32 Å². The molecule has 2 aromatic rings. The molecular formula is C16H16BrF2N. The Kier molecular flexibility index (Phi) is 5.26. The van der Waals surface area contributed by atoms with Gasteiger partial charge in [-0.3, -0.25) is 0 Å². The quantitative estimate of drug-likeness (QED) is 0.837. The van der Waals surface area contributed by atoms with E-state index in [1.165, 1.54) is 18.2 Å². The number of halogens is 3. The van der Waals surface area contributed by atoms with Crippen LogP contribution in [0.3, 0.4) is 0 Å². The van der Waals surface area contributed by atoms with Gasteiger partial charge in [0.2, 0.25) is 0 Å². The summed E-state index contributed by atoms with van der Waals surface area (Å²) in [5.41, 5.74) is 1.14. The third-order valence-electron chi connectivity index (χ3n) is 3.15. The first-order valence-corrected chi connectivity index (χ1v) is 7.33. The second-order valence-electron chi connectivity index (χ2n) is 4.58. The first-order valence-electron chi connectivity index (χ1n) is 6.53. The molecule has 0 spiro atoms. The van der Waals surface area contributed by atoms with E-state index in [1.807, 2.05) is 31.2 Å². The Morgan fingerprint density at radius 1 is 1.05 bits per heavy atom. The summed E-state index contributed by atoms with van der Waals surface area (Å²) < 4.78 is 28.8. The summed E-state index contributed by atoms with van der Waals surface area (Å²) in [5, 5.41) is 3.15. The molecule has 0 aliphatic rings. The Labute approximate surface area is 126 Å². The molecule has 1 unspecified atom stereocenters. The fraction of sp³-hybridized carbons (Fsp3) is 0.250. The van der Waals surface area contributed by atoms with Crippen molar-refractivity contribution in [2.24, 2.45) is 0 Å². The van der Waals surface area contributed by atoms with Gasteiger partial charge < -0.3 is 5.32 Å². The predicted molar refractivity (Wildman–Crippen MR) is 80.6 cm³/mol. The lowest BCUT2D eigenvalue weighted by Gasteiger charge is -2.20. The molecule has 0 heterocycles. The van der Waals surface area contributed by atoms with Gasteiger partial charge in [-0.2, -0.15) is 0 Å². The summed E-state index contributed by atoms with van der Waals surface area (Å²) >= 11 is 3.37. The topological polar surface area (TPSA) is 12.0 Å². The Hall–Kier alpha value is -1.26. The van der Waals surface area contributed by atoms with E-state index in [9.17, 15) is 8.78 Å². The van der Waals surface area contributed by atoms with Crippen LogP contribution in [0.15, 0.2) is 46.9 Å². The number of likely N-dealkylation sites (N-methyl/N-ethyl adjacent to an activating group) is 1. The largest absolute Gasteiger partial charge is 0.310 e. The lowest BCUT2D eigenvalue weighted by Crippen LogP contribution is -2.25. The van der Waals surface area contributed by atoms with Crippen LogP contribution >= 0.6 is 15.9 Å². The summed E-state index contributed by atoms with van der Waals surface area (Å²) in [6.07, 6.45) is 0.541. The van der Waals surface area contributed by atoms with Crippen molar-refractivity contribution in [3.8, 4) is 0 Å². The molecule has 0 radical (unpaired) electrons. The molecule has 1 N–H and O–H groups in total. The first-order chi connectivity index (χ1) is 9.61. The number of hydrogen-bond donors (Lipinski definition) is 1. The summed E-state index contributed by atoms with van der Waals surface area (Å²) in [5.74, 6) is -1.01. The van der Waals surface area contributed by atoms with Gasteiger partial charge in [-0.1, -0.05) is 41.1 Å². The van der Waals surface area contributed by atoms with E-state index in [1.54, 1.807) is 0 Å². The standard InChI is InChI=1S/C16H16BrF2N/c1-2-20-15(10-11-6-8-12(17)9-7-11)16-13(18)4-3-5-14(16)19/h3-9,15,20H,2,10H2,1H3. The molecule has 0 fully saturated rings. The second kappa shape index (κ2) is 6.95. The van der Waals surface area contributed by atoms with Crippen molar-refractivity contribution in [2.45, 2.75) is 19.4 Å². The first kappa shape index (κ1) is 15.1. The van der Waals surface area contributed by atoms with Crippen LogP contribution in [0, 0.1) is 11.6 Å². The van der Waals surface area contributed by atoms with Crippen LogP contribution in [0.5, 0.6) is 0 Å². The summed E-state index contributed by atoms with van der Waals surface area (Å²) in [7, 11) is 0. The Morgan fingerprint density at radius 3 is 2.20 bits per heavy atom. The monoisotopic (exact) mass is 339 g/mol. The van der Waals surface area contributed by atoms with Crippen molar-refractivity contribution in [1.29, 1.82) is 0 Å². The Morgan fingerprint density at radius 2 is 1.65 bits per heavy atom. The van der Waals surface area contributed by atoms with E-state index in [-0.39, 0.29) is 11.6 Å². The molecule has 2 rings (SSSR count). The van der Waals surface area contributed by atoms with E-state index in [4.69, 9.17) is 0 Å². The average Bonchev–Trinajstić information content (AvgIpc) is 2.41. The zero-order valence-corrected chi connectivity index (χ0v) is 12.8. The van der Waals surface area contributed by atoms with Crippen LogP contribution in [0.25, 0.3) is 0 Å². The Bertz CT molecular complexity index is 549. The van der Waals surface area contributed by atoms with Gasteiger partial charge in [0.15, 0.2) is 0 Å². The molecule has 0 aromatic heterocycles. The normalized spacial score (nSPS) is 12.4. The average molecular weight is 340 g/mol. The minimum Gasteiger partial charge on any atom is -0.310 e. The molecule has 2 aromatic carbocycles. The maximum Gasteiger partial charge on any atom is 0.130 e. The second-order valence-corrected chi connectivity index (χ2v) is 5.49. The minimum atomic E-state index is -0.506. The lowest BCUT2D eigenvalue weighted by atomic mass is 9.98. The SMILES string of the molecule is CCNC(Cc1ccc(Br)cc1)c1c(F)cccc1F. The molecule has 20 heavy (non-hydrogen) atoms. The van der Waals surface area contributed by atoms with Crippen molar-refractivity contribution in [2.75, 3.05) is 6.54 Å². The summed E-state index contributed by atoms with van der Waals surface area (Å²) in [6.45, 7) is 2.57. The van der Waals surface area contributed by atoms with Crippen molar-refractivity contribution >= 4 is 15.9 Å². The van der Waals surface area contributed by atoms with E-state index in [0.717, 1.165) is 10.0 Å². The van der Waals surface area contributed by atoms with Crippen molar-refractivity contribution in [3.63, 3.8) is 0 Å². The zero-order valence-electron chi connectivity index (χ0n) is 11.2. The minimum absolute atomic E-state index is 0.109. The molecule has 0 saturated heterocycles. The van der Waals surface area contributed by atoms with Crippen molar-refractivity contribution < 1.29 is 8.78 Å². The molecule has 0 bridgehead atoms. The van der Waals surface area contributed by atoms with Gasteiger partial charge in [0.25, 0.3) is 0 Å². The van der Waals surface area contributed by atoms with Crippen LogP contribution in [-0.4, -0.2) is 6.54 Å². The molecule has 0 saturated carbocycles. The van der Waals surface area contributed by atoms with Gasteiger partial charge in [-0.05, 0) is 42.8 Å². The zero-order chi connectivity index (χ0) is 14.5. The molecule has 0 aliphatic carbocycles. The van der Waals surface area contributed by atoms with Crippen LogP contribution in [0.1, 0.15) is 24.1 Å². The van der Waals surface area contributed by atoms with Crippen LogP contribution in [-0.2, 0) is 6.42 Å². The van der Waals surface area contributed by atoms with Crippen LogP contribution in [0.4, 0.5) is 8.78 Å². The molecule has 0 aliphatic heterocycles. The van der Waals surface area contributed by atoms with Gasteiger partial charge in [-0.25, -0.2) is 8.78 Å². The highest BCUT2D eigenvalue weighted by Crippen LogP contribution is 2.24. The highest BCUT2D eigenvalue weighted by Gasteiger charge is 2.19. The smallest absolute Gasteiger partial charge is 0.130 e. The third kappa shape index (κ3) is 3.64. The van der Waals surface area contributed by atoms with E-state index in [2.05, 4.69) is 21.2 Å². The van der Waals surface area contributed by atoms with Crippen LogP contribution in [0.2, 0.25) is 0 Å². The number of rotatable bonds is 5. The fourth-order valence-corrected chi connectivity index (χ4v) is 2.49. The van der Waals surface area contributed by atoms with Gasteiger partial charge in [0, 0.05) is 16.1 Å². The predicted octanol–water partition coefficient (Wildman–Crippen LogP) is 4.62. The van der Waals surface area contributed by atoms with E-state index in [0.29, 0.717) is 13.0 Å². The molecule has 106 valence electrons. The van der Waals surface area contributed by atoms with Gasteiger partial charge in [-0.15, -0.1) is 0 Å². The van der Waals surface area contributed by atoms with Gasteiger partial charge in [0.05, 0.1) is 0 Å². The van der Waals surface area contributed by atoms with Crippen LogP contribution < -0.4 is 5.32 Å². The highest BCUT2D eigenvalue weighted by atomic mass is 79.9. The Balaban J connectivity index is 2.29. The highest BCUT2D eigenvalue weighted by molar-refractivity contribution is 9.10. The van der Waals surface area contributed by atoms with Gasteiger partial charge in [0.1, 0.15) is 11.6 Å². The number of hydrogen-bond acceptors (Lipinski definition) is 1. The molecule has 4 heteroatoms. The van der Waals surface area contributed by atoms with E-state index >= 15 is 0 Å². The summed E-state index contributed by atoms with van der Waals surface area (Å²) in [4.78, 5) is 0. The lowest BCUT2D eigenvalue weighted by molar-refractivity contribution is 0.473. The fourth-order valence-electron chi connectivity index (χ4n) is 2.22. The molecular weight excluding hydrogens is 324 g/mol. The summed E-state index contributed by atoms with van der Waals surface area (Å²) in [6, 6.07) is 11.4. The molecule has 1 atom stereocenters. The van der Waals surface area contributed by atoms with E-state index < -0.39 is 11.6 Å². The maximum absolute atomic E-state index is 13.9. The van der Waals surface area contributed by atoms with Gasteiger partial charge >= 0.3 is 0 Å². The molecule has 0 amide bonds. The van der Waals surface area contributed by atoms with Crippen molar-refractivity contribution in [3.05, 3.63) is 69.7 Å². The number of benzene rings is 2. The molecule has 1 nitrogen and oxygen atoms in total. The third-order valence-corrected chi connectivity index (χ3v) is 3.68.